The zero-order valence-electron chi connectivity index (χ0n) is 11.2. The second-order valence-electron chi connectivity index (χ2n) is 4.88. The minimum atomic E-state index is 0.665. The third-order valence-corrected chi connectivity index (χ3v) is 4.57. The van der Waals surface area contributed by atoms with Crippen LogP contribution in [-0.4, -0.2) is 24.6 Å². The molecule has 0 spiro atoms. The molecule has 0 N–H and O–H groups in total. The number of rotatable bonds is 4. The van der Waals surface area contributed by atoms with Gasteiger partial charge in [0.25, 0.3) is 0 Å². The number of hydrogen-bond acceptors (Lipinski definition) is 4. The molecular weight excluding hydrogens is 268 g/mol. The van der Waals surface area contributed by atoms with Gasteiger partial charge in [0.15, 0.2) is 0 Å². The average Bonchev–Trinajstić information content (AvgIpc) is 2.95. The normalized spacial score (nSPS) is 14.6. The molecule has 0 amide bonds. The lowest BCUT2D eigenvalue weighted by Gasteiger charge is -2.26. The van der Waals surface area contributed by atoms with Gasteiger partial charge in [0.05, 0.1) is 11.6 Å². The molecule has 3 rings (SSSR count). The van der Waals surface area contributed by atoms with Gasteiger partial charge in [-0.1, -0.05) is 0 Å². The molecule has 1 aliphatic heterocycles. The van der Waals surface area contributed by atoms with Crippen molar-refractivity contribution in [3.8, 4) is 11.8 Å². The first kappa shape index (κ1) is 13.2. The first-order valence-corrected chi connectivity index (χ1v) is 7.64. The fourth-order valence-electron chi connectivity index (χ4n) is 2.42. The summed E-state index contributed by atoms with van der Waals surface area (Å²) in [5.74, 6) is 0.831. The van der Waals surface area contributed by atoms with Crippen LogP contribution < -0.4 is 4.74 Å². The van der Waals surface area contributed by atoms with Crippen molar-refractivity contribution in [2.75, 3.05) is 19.7 Å². The van der Waals surface area contributed by atoms with Crippen molar-refractivity contribution in [3.05, 3.63) is 51.7 Å². The summed E-state index contributed by atoms with van der Waals surface area (Å²) in [6.07, 6.45) is 1.16. The highest BCUT2D eigenvalue weighted by atomic mass is 32.1. The molecule has 4 heteroatoms. The fourth-order valence-corrected chi connectivity index (χ4v) is 3.31. The molecule has 2 heterocycles. The van der Waals surface area contributed by atoms with E-state index in [0.29, 0.717) is 12.2 Å². The van der Waals surface area contributed by atoms with Gasteiger partial charge >= 0.3 is 0 Å². The lowest BCUT2D eigenvalue weighted by atomic mass is 10.1. The fraction of sp³-hybridized carbons (Fsp3) is 0.312. The molecule has 0 radical (unpaired) electrons. The van der Waals surface area contributed by atoms with Crippen LogP contribution >= 0.6 is 11.3 Å². The van der Waals surface area contributed by atoms with Crippen LogP contribution in [0.4, 0.5) is 0 Å². The van der Waals surface area contributed by atoms with Crippen LogP contribution in [0.1, 0.15) is 16.0 Å². The van der Waals surface area contributed by atoms with E-state index in [9.17, 15) is 0 Å². The summed E-state index contributed by atoms with van der Waals surface area (Å²) in [5.41, 5.74) is 2.14. The maximum atomic E-state index is 8.74. The lowest BCUT2D eigenvalue weighted by Crippen LogP contribution is -2.33. The van der Waals surface area contributed by atoms with E-state index < -0.39 is 0 Å². The van der Waals surface area contributed by atoms with Gasteiger partial charge in [0.1, 0.15) is 12.4 Å². The minimum absolute atomic E-state index is 0.665. The van der Waals surface area contributed by atoms with E-state index in [2.05, 4.69) is 22.4 Å². The second kappa shape index (κ2) is 6.08. The van der Waals surface area contributed by atoms with E-state index in [1.54, 1.807) is 12.1 Å². The SMILES string of the molecule is N#Cc1ccc(OCCN2CCc3sccc3C2)cc1. The van der Waals surface area contributed by atoms with Crippen LogP contribution in [0.15, 0.2) is 35.7 Å². The predicted octanol–water partition coefficient (Wildman–Crippen LogP) is 3.06. The molecule has 0 aliphatic carbocycles. The van der Waals surface area contributed by atoms with Crippen molar-refractivity contribution in [2.45, 2.75) is 13.0 Å². The monoisotopic (exact) mass is 284 g/mol. The molecule has 0 saturated carbocycles. The Morgan fingerprint density at radius 3 is 2.90 bits per heavy atom. The van der Waals surface area contributed by atoms with E-state index in [-0.39, 0.29) is 0 Å². The first-order chi connectivity index (χ1) is 9.85. The van der Waals surface area contributed by atoms with Crippen LogP contribution in [0.3, 0.4) is 0 Å². The summed E-state index contributed by atoms with van der Waals surface area (Å²) in [7, 11) is 0. The number of thiophene rings is 1. The van der Waals surface area contributed by atoms with Gasteiger partial charge < -0.3 is 4.74 Å². The maximum Gasteiger partial charge on any atom is 0.119 e. The molecule has 0 fully saturated rings. The van der Waals surface area contributed by atoms with Gasteiger partial charge in [-0.3, -0.25) is 4.90 Å². The van der Waals surface area contributed by atoms with Crippen LogP contribution in [0, 0.1) is 11.3 Å². The summed E-state index contributed by atoms with van der Waals surface area (Å²) >= 11 is 1.87. The Morgan fingerprint density at radius 1 is 1.25 bits per heavy atom. The molecule has 1 aromatic carbocycles. The van der Waals surface area contributed by atoms with Gasteiger partial charge in [0.2, 0.25) is 0 Å². The zero-order chi connectivity index (χ0) is 13.8. The van der Waals surface area contributed by atoms with E-state index in [1.165, 1.54) is 10.4 Å². The Kier molecular flexibility index (Phi) is 4.00. The molecule has 0 unspecified atom stereocenters. The highest BCUT2D eigenvalue weighted by Gasteiger charge is 2.16. The van der Waals surface area contributed by atoms with Crippen molar-refractivity contribution in [2.24, 2.45) is 0 Å². The van der Waals surface area contributed by atoms with Gasteiger partial charge in [-0.2, -0.15) is 5.26 Å². The van der Waals surface area contributed by atoms with Crippen LogP contribution in [0.5, 0.6) is 5.75 Å². The third kappa shape index (κ3) is 3.01. The molecular formula is C16H16N2OS. The summed E-state index contributed by atoms with van der Waals surface area (Å²) in [5, 5.41) is 10.9. The second-order valence-corrected chi connectivity index (χ2v) is 5.88. The quantitative estimate of drug-likeness (QED) is 0.865. The molecule has 0 atom stereocenters. The molecule has 2 aromatic rings. The van der Waals surface area contributed by atoms with Crippen molar-refractivity contribution in [1.29, 1.82) is 5.26 Å². The molecule has 20 heavy (non-hydrogen) atoms. The predicted molar refractivity (Wildman–Crippen MR) is 80.0 cm³/mol. The number of ether oxygens (including phenoxy) is 1. The summed E-state index contributed by atoms with van der Waals surface area (Å²) < 4.78 is 5.73. The molecule has 102 valence electrons. The van der Waals surface area contributed by atoms with Crippen molar-refractivity contribution in [3.63, 3.8) is 0 Å². The van der Waals surface area contributed by atoms with E-state index in [4.69, 9.17) is 10.00 Å². The largest absolute Gasteiger partial charge is 0.492 e. The Bertz CT molecular complexity index is 612. The van der Waals surface area contributed by atoms with Crippen molar-refractivity contribution < 1.29 is 4.74 Å². The zero-order valence-corrected chi connectivity index (χ0v) is 12.0. The Morgan fingerprint density at radius 2 is 2.10 bits per heavy atom. The summed E-state index contributed by atoms with van der Waals surface area (Å²) in [6, 6.07) is 11.6. The molecule has 0 bridgehead atoms. The van der Waals surface area contributed by atoms with E-state index in [0.717, 1.165) is 31.8 Å². The van der Waals surface area contributed by atoms with Crippen molar-refractivity contribution >= 4 is 11.3 Å². The van der Waals surface area contributed by atoms with Crippen molar-refractivity contribution in [1.82, 2.24) is 4.90 Å². The molecule has 1 aromatic heterocycles. The Hall–Kier alpha value is -1.83. The highest BCUT2D eigenvalue weighted by Crippen LogP contribution is 2.23. The standard InChI is InChI=1S/C16H16N2OS/c17-11-13-1-3-15(4-2-13)19-9-8-18-7-5-16-14(12-18)6-10-20-16/h1-4,6,10H,5,7-9,12H2. The third-order valence-electron chi connectivity index (χ3n) is 3.55. The lowest BCUT2D eigenvalue weighted by molar-refractivity contribution is 0.197. The number of hydrogen-bond donors (Lipinski definition) is 0. The van der Waals surface area contributed by atoms with E-state index in [1.807, 2.05) is 23.5 Å². The number of benzene rings is 1. The number of nitrogens with zero attached hydrogens (tertiary/aromatic N) is 2. The Balaban J connectivity index is 1.47. The van der Waals surface area contributed by atoms with Crippen LogP contribution in [0.2, 0.25) is 0 Å². The summed E-state index contributed by atoms with van der Waals surface area (Å²) in [6.45, 7) is 3.78. The smallest absolute Gasteiger partial charge is 0.119 e. The highest BCUT2D eigenvalue weighted by molar-refractivity contribution is 7.10. The summed E-state index contributed by atoms with van der Waals surface area (Å²) in [4.78, 5) is 3.97. The van der Waals surface area contributed by atoms with Crippen LogP contribution in [-0.2, 0) is 13.0 Å². The van der Waals surface area contributed by atoms with Gasteiger partial charge in [-0.25, -0.2) is 0 Å². The number of nitriles is 1. The maximum absolute atomic E-state index is 8.74. The van der Waals surface area contributed by atoms with E-state index >= 15 is 0 Å². The minimum Gasteiger partial charge on any atom is -0.492 e. The Labute approximate surface area is 123 Å². The molecule has 3 nitrogen and oxygen atoms in total. The average molecular weight is 284 g/mol. The van der Waals surface area contributed by atoms with Crippen LogP contribution in [0.25, 0.3) is 0 Å². The molecule has 1 aliphatic rings. The number of fused-ring (bicyclic) bond motifs is 1. The van der Waals surface area contributed by atoms with Gasteiger partial charge in [0, 0.05) is 24.5 Å². The van der Waals surface area contributed by atoms with Gasteiger partial charge in [-0.05, 0) is 47.7 Å². The van der Waals surface area contributed by atoms with Gasteiger partial charge in [-0.15, -0.1) is 11.3 Å². The topological polar surface area (TPSA) is 36.3 Å². The first-order valence-electron chi connectivity index (χ1n) is 6.76. The molecule has 0 saturated heterocycles.